The Labute approximate surface area is 252 Å². The molecule has 3 saturated heterocycles. The number of cyclic esters (lactones) is 1. The van der Waals surface area contributed by atoms with Crippen molar-refractivity contribution in [1.82, 2.24) is 0 Å². The Hall–Kier alpha value is -0.890. The summed E-state index contributed by atoms with van der Waals surface area (Å²) in [7, 11) is 3.03. The molecule has 10 nitrogen and oxygen atoms in total. The maximum absolute atomic E-state index is 13.3. The Morgan fingerprint density at radius 3 is 2.44 bits per heavy atom. The molecule has 236 valence electrons. The summed E-state index contributed by atoms with van der Waals surface area (Å²) in [6.45, 7) is 7.57. The number of carbonyl (C=O) groups is 1. The van der Waals surface area contributed by atoms with Crippen molar-refractivity contribution in [2.24, 2.45) is 11.8 Å². The Kier molecular flexibility index (Phi) is 12.8. The summed E-state index contributed by atoms with van der Waals surface area (Å²) >= 11 is 3.23. The number of methoxy groups -OCH3 is 2. The molecule has 0 unspecified atom stereocenters. The van der Waals surface area contributed by atoms with Gasteiger partial charge in [-0.25, -0.2) is 0 Å². The van der Waals surface area contributed by atoms with Crippen molar-refractivity contribution in [3.8, 4) is 0 Å². The zero-order valence-electron chi connectivity index (χ0n) is 25.1. The Bertz CT molecular complexity index is 900. The highest BCUT2D eigenvalue weighted by molar-refractivity contribution is 9.11. The van der Waals surface area contributed by atoms with E-state index in [9.17, 15) is 20.1 Å². The number of halogens is 1. The minimum Gasteiger partial charge on any atom is -0.459 e. The molecule has 3 N–H and O–H groups in total. The van der Waals surface area contributed by atoms with Gasteiger partial charge in [-0.05, 0) is 50.4 Å². The van der Waals surface area contributed by atoms with E-state index in [0.29, 0.717) is 32.1 Å². The number of ether oxygens (including phenoxy) is 6. The van der Waals surface area contributed by atoms with Crippen molar-refractivity contribution < 1.29 is 48.5 Å². The first-order chi connectivity index (χ1) is 19.3. The first-order valence-electron chi connectivity index (χ1n) is 14.6. The highest BCUT2D eigenvalue weighted by Gasteiger charge is 2.51. The first-order valence-corrected chi connectivity index (χ1v) is 15.5. The lowest BCUT2D eigenvalue weighted by Gasteiger charge is -2.48. The van der Waals surface area contributed by atoms with Gasteiger partial charge in [-0.15, -0.1) is 0 Å². The number of esters is 1. The molecule has 41 heavy (non-hydrogen) atoms. The lowest BCUT2D eigenvalue weighted by molar-refractivity contribution is -0.346. The van der Waals surface area contributed by atoms with E-state index >= 15 is 0 Å². The quantitative estimate of drug-likeness (QED) is 0.264. The smallest absolute Gasteiger partial charge is 0.311 e. The summed E-state index contributed by atoms with van der Waals surface area (Å²) in [4.78, 5) is 15.0. The van der Waals surface area contributed by atoms with Gasteiger partial charge < -0.3 is 43.7 Å². The molecule has 0 saturated carbocycles. The Morgan fingerprint density at radius 1 is 1.07 bits per heavy atom. The van der Waals surface area contributed by atoms with E-state index in [2.05, 4.69) is 15.9 Å². The van der Waals surface area contributed by atoms with Gasteiger partial charge >= 0.3 is 5.97 Å². The minimum atomic E-state index is -1.83. The molecule has 3 fully saturated rings. The second kappa shape index (κ2) is 15.2. The van der Waals surface area contributed by atoms with E-state index < -0.39 is 72.8 Å². The van der Waals surface area contributed by atoms with Crippen molar-refractivity contribution in [2.75, 3.05) is 14.2 Å². The molecule has 3 heterocycles. The molecule has 3 rings (SSSR count). The molecule has 0 aromatic rings. The monoisotopic (exact) mass is 648 g/mol. The van der Waals surface area contributed by atoms with E-state index in [1.165, 1.54) is 14.2 Å². The maximum atomic E-state index is 13.3. The number of hydrogen-bond acceptors (Lipinski definition) is 10. The fourth-order valence-corrected chi connectivity index (χ4v) is 6.43. The van der Waals surface area contributed by atoms with Crippen LogP contribution in [0.1, 0.15) is 72.6 Å². The lowest BCUT2D eigenvalue weighted by atomic mass is 9.81. The molecule has 0 aromatic heterocycles. The van der Waals surface area contributed by atoms with Crippen molar-refractivity contribution >= 4 is 21.9 Å². The fraction of sp³-hybridized carbons (Fsp3) is 0.833. The molecule has 0 amide bonds. The van der Waals surface area contributed by atoms with Gasteiger partial charge in [0.25, 0.3) is 0 Å². The molecule has 0 spiro atoms. The van der Waals surface area contributed by atoms with E-state index in [-0.39, 0.29) is 18.3 Å². The van der Waals surface area contributed by atoms with Crippen LogP contribution in [0.4, 0.5) is 0 Å². The van der Waals surface area contributed by atoms with Crippen LogP contribution in [0.15, 0.2) is 23.2 Å². The first kappa shape index (κ1) is 34.6. The fourth-order valence-electron chi connectivity index (χ4n) is 6.25. The predicted octanol–water partition coefficient (Wildman–Crippen LogP) is 3.74. The van der Waals surface area contributed by atoms with Crippen LogP contribution in [0.3, 0.4) is 0 Å². The third-order valence-electron chi connectivity index (χ3n) is 8.81. The standard InChI is InChI=1S/C30H49BrO10/c1-18-11-12-22-19(2)23(39-28-25(34)27(37-6)26(36-5)20(3)38-28)16-30(35,40-22)17-24(33)41-29(4,15-21(18)32)13-9-7-8-10-14-31/h7-8,10,14,18-23,25-28,32,34-35H,9,11-13,15-17H2,1-6H3/b8-7+,14-10+/t18-,19-,20-,21+,22-,23-,25+,26-,27-,28-,29+,30-/m0/s1. The summed E-state index contributed by atoms with van der Waals surface area (Å²) in [5.74, 6) is -2.74. The van der Waals surface area contributed by atoms with Gasteiger partial charge in [0.2, 0.25) is 0 Å². The van der Waals surface area contributed by atoms with E-state index in [1.807, 2.05) is 45.9 Å². The molecule has 3 aliphatic rings. The van der Waals surface area contributed by atoms with E-state index in [4.69, 9.17) is 28.4 Å². The second-order valence-corrected chi connectivity index (χ2v) is 12.7. The number of fused-ring (bicyclic) bond motifs is 2. The molecule has 0 aromatic carbocycles. The molecule has 2 bridgehead atoms. The zero-order chi connectivity index (χ0) is 30.4. The van der Waals surface area contributed by atoms with Crippen LogP contribution in [-0.4, -0.2) is 95.9 Å². The zero-order valence-corrected chi connectivity index (χ0v) is 26.7. The van der Waals surface area contributed by atoms with E-state index in [0.717, 1.165) is 0 Å². The van der Waals surface area contributed by atoms with Gasteiger partial charge in [-0.3, -0.25) is 4.79 Å². The molecule has 11 heteroatoms. The van der Waals surface area contributed by atoms with Crippen molar-refractivity contribution in [3.05, 3.63) is 23.2 Å². The Morgan fingerprint density at radius 2 is 1.78 bits per heavy atom. The summed E-state index contributed by atoms with van der Waals surface area (Å²) in [5.41, 5.74) is -0.927. The third kappa shape index (κ3) is 9.06. The van der Waals surface area contributed by atoms with Crippen LogP contribution < -0.4 is 0 Å². The largest absolute Gasteiger partial charge is 0.459 e. The van der Waals surface area contributed by atoms with Crippen molar-refractivity contribution in [3.63, 3.8) is 0 Å². The van der Waals surface area contributed by atoms with E-state index in [1.54, 1.807) is 4.99 Å². The average molecular weight is 650 g/mol. The predicted molar refractivity (Wildman–Crippen MR) is 155 cm³/mol. The number of rotatable bonds is 8. The van der Waals surface area contributed by atoms with Crippen LogP contribution in [0.25, 0.3) is 0 Å². The molecule has 3 aliphatic heterocycles. The number of aliphatic hydroxyl groups is 3. The van der Waals surface area contributed by atoms with Gasteiger partial charge in [-0.1, -0.05) is 48.0 Å². The van der Waals surface area contributed by atoms with Crippen LogP contribution in [-0.2, 0) is 33.2 Å². The summed E-state index contributed by atoms with van der Waals surface area (Å²) in [6.07, 6.45) is 2.49. The van der Waals surface area contributed by atoms with Crippen LogP contribution >= 0.6 is 15.9 Å². The van der Waals surface area contributed by atoms with Gasteiger partial charge in [0, 0.05) is 33.0 Å². The van der Waals surface area contributed by atoms with Crippen LogP contribution in [0, 0.1) is 11.8 Å². The molecular formula is C30H49BrO10. The molecule has 12 atom stereocenters. The van der Waals surface area contributed by atoms with Gasteiger partial charge in [0.1, 0.15) is 23.9 Å². The lowest BCUT2D eigenvalue weighted by Crippen LogP contribution is -2.61. The molecule has 0 radical (unpaired) electrons. The maximum Gasteiger partial charge on any atom is 0.311 e. The SMILES string of the molecule is CO[C@@H]1[C@@H](OC)[C@@H](O)[C@H](O[C@H]2C[C@@]3(O)CC(=O)O[C@](C)(CC/C=C/C=C/Br)C[C@@H](O)[C@@H](C)CC[C@H](O3)[C@@H]2C)O[C@H]1C. The van der Waals surface area contributed by atoms with Crippen LogP contribution in [0.2, 0.25) is 0 Å². The summed E-state index contributed by atoms with van der Waals surface area (Å²) in [5, 5.41) is 33.7. The average Bonchev–Trinajstić information content (AvgIpc) is 2.90. The van der Waals surface area contributed by atoms with Crippen molar-refractivity contribution in [2.45, 2.75) is 133 Å². The molecule has 0 aliphatic carbocycles. The van der Waals surface area contributed by atoms with Gasteiger partial charge in [0.05, 0.1) is 30.8 Å². The number of hydrogen-bond donors (Lipinski definition) is 3. The van der Waals surface area contributed by atoms with Gasteiger partial charge in [0.15, 0.2) is 12.1 Å². The summed E-state index contributed by atoms with van der Waals surface area (Å²) in [6, 6.07) is 0. The third-order valence-corrected chi connectivity index (χ3v) is 9.12. The second-order valence-electron chi connectivity index (χ2n) is 12.2. The summed E-state index contributed by atoms with van der Waals surface area (Å²) < 4.78 is 35.4. The highest BCUT2D eigenvalue weighted by atomic mass is 79.9. The minimum absolute atomic E-state index is 0.0113. The number of carbonyl (C=O) groups excluding carboxylic acids is 1. The number of aliphatic hydroxyl groups excluding tert-OH is 2. The van der Waals surface area contributed by atoms with Gasteiger partial charge in [-0.2, -0.15) is 0 Å². The Balaban J connectivity index is 1.81. The van der Waals surface area contributed by atoms with Crippen molar-refractivity contribution in [1.29, 1.82) is 0 Å². The normalized spacial score (nSPS) is 44.9. The van der Waals surface area contributed by atoms with Crippen LogP contribution in [0.5, 0.6) is 0 Å². The topological polar surface area (TPSA) is 133 Å². The highest BCUT2D eigenvalue weighted by Crippen LogP contribution is 2.41. The molecular weight excluding hydrogens is 600 g/mol. The number of allylic oxidation sites excluding steroid dienone is 3.